The second-order valence-electron chi connectivity index (χ2n) is 9.01. The van der Waals surface area contributed by atoms with E-state index in [4.69, 9.17) is 21.1 Å². The van der Waals surface area contributed by atoms with Crippen molar-refractivity contribution in [1.29, 1.82) is 0 Å². The first-order chi connectivity index (χ1) is 15.5. The van der Waals surface area contributed by atoms with Crippen molar-refractivity contribution in [2.75, 3.05) is 32.8 Å². The number of rotatable bonds is 9. The van der Waals surface area contributed by atoms with E-state index in [1.54, 1.807) is 32.9 Å². The summed E-state index contributed by atoms with van der Waals surface area (Å²) in [4.78, 5) is 37.9. The Balaban J connectivity index is 1.57. The molecule has 184 valence electrons. The fourth-order valence-corrected chi connectivity index (χ4v) is 4.06. The van der Waals surface area contributed by atoms with Crippen LogP contribution in [0.15, 0.2) is 22.7 Å². The number of nitrogens with zero attached hydrogens (tertiary/aromatic N) is 1. The molecule has 33 heavy (non-hydrogen) atoms. The molecule has 0 unspecified atom stereocenters. The summed E-state index contributed by atoms with van der Waals surface area (Å²) in [5.74, 6) is 0.772. The molecule has 1 saturated heterocycles. The van der Waals surface area contributed by atoms with Gasteiger partial charge in [-0.3, -0.25) is 9.59 Å². The van der Waals surface area contributed by atoms with E-state index in [2.05, 4.69) is 26.6 Å². The van der Waals surface area contributed by atoms with Crippen LogP contribution in [0.1, 0.15) is 46.5 Å². The van der Waals surface area contributed by atoms with Crippen LogP contribution in [0, 0.1) is 5.92 Å². The Morgan fingerprint density at radius 1 is 1.18 bits per heavy atom. The van der Waals surface area contributed by atoms with Gasteiger partial charge in [0.1, 0.15) is 11.4 Å². The van der Waals surface area contributed by atoms with Crippen molar-refractivity contribution >= 4 is 45.4 Å². The Morgan fingerprint density at radius 2 is 1.88 bits per heavy atom. The number of hydrogen-bond donors (Lipinski definition) is 2. The summed E-state index contributed by atoms with van der Waals surface area (Å²) in [6, 6.07) is 5.42. The van der Waals surface area contributed by atoms with Crippen LogP contribution in [0.4, 0.5) is 4.79 Å². The molecule has 0 atom stereocenters. The largest absolute Gasteiger partial charge is 0.492 e. The normalized spacial score (nSPS) is 14.5. The predicted octanol–water partition coefficient (Wildman–Crippen LogP) is 4.14. The number of carbonyl (C=O) groups excluding carboxylic acids is 3. The van der Waals surface area contributed by atoms with Gasteiger partial charge in [0.15, 0.2) is 0 Å². The maximum Gasteiger partial charge on any atom is 0.408 e. The van der Waals surface area contributed by atoms with Gasteiger partial charge in [0.25, 0.3) is 0 Å². The first kappa shape index (κ1) is 27.2. The lowest BCUT2D eigenvalue weighted by Gasteiger charge is -2.32. The second-order valence-corrected chi connectivity index (χ2v) is 10.3. The van der Waals surface area contributed by atoms with Crippen molar-refractivity contribution in [1.82, 2.24) is 15.5 Å². The summed E-state index contributed by atoms with van der Waals surface area (Å²) in [6.07, 6.45) is 2.08. The average Bonchev–Trinajstić information content (AvgIpc) is 2.74. The molecule has 1 aliphatic rings. The first-order valence-corrected chi connectivity index (χ1v) is 12.3. The molecule has 1 aromatic rings. The third-order valence-corrected chi connectivity index (χ3v) is 5.82. The quantitative estimate of drug-likeness (QED) is 0.454. The van der Waals surface area contributed by atoms with Crippen LogP contribution in [0.3, 0.4) is 0 Å². The van der Waals surface area contributed by atoms with E-state index in [-0.39, 0.29) is 18.4 Å². The molecule has 3 amide bonds. The molecule has 0 bridgehead atoms. The molecule has 8 nitrogen and oxygen atoms in total. The highest BCUT2D eigenvalue weighted by Crippen LogP contribution is 2.28. The summed E-state index contributed by atoms with van der Waals surface area (Å²) < 4.78 is 11.6. The monoisotopic (exact) mass is 545 g/mol. The number of hydrogen-bond acceptors (Lipinski definition) is 5. The van der Waals surface area contributed by atoms with E-state index in [0.717, 1.165) is 17.3 Å². The Morgan fingerprint density at radius 3 is 2.52 bits per heavy atom. The third kappa shape index (κ3) is 10.6. The molecular weight excluding hydrogens is 514 g/mol. The van der Waals surface area contributed by atoms with Gasteiger partial charge in [-0.2, -0.15) is 0 Å². The van der Waals surface area contributed by atoms with Crippen LogP contribution in [0.5, 0.6) is 5.75 Å². The fourth-order valence-electron chi connectivity index (χ4n) is 3.33. The summed E-state index contributed by atoms with van der Waals surface area (Å²) in [6.45, 7) is 7.46. The Bertz CT molecular complexity index is 823. The van der Waals surface area contributed by atoms with Crippen LogP contribution < -0.4 is 15.4 Å². The first-order valence-electron chi connectivity index (χ1n) is 11.1. The van der Waals surface area contributed by atoms with Crippen LogP contribution in [0.25, 0.3) is 0 Å². The molecule has 2 N–H and O–H groups in total. The maximum absolute atomic E-state index is 12.5. The second kappa shape index (κ2) is 13.0. The minimum absolute atomic E-state index is 0.115. The summed E-state index contributed by atoms with van der Waals surface area (Å²) in [7, 11) is 0. The number of alkyl carbamates (subject to hydrolysis) is 1. The lowest BCUT2D eigenvalue weighted by Crippen LogP contribution is -2.44. The number of carbonyl (C=O) groups is 3. The van der Waals surface area contributed by atoms with Gasteiger partial charge >= 0.3 is 6.09 Å². The fraction of sp³-hybridized carbons (Fsp3) is 0.609. The molecule has 1 aliphatic heterocycles. The molecule has 0 aromatic heterocycles. The molecule has 2 rings (SSSR count). The van der Waals surface area contributed by atoms with Gasteiger partial charge in [0.2, 0.25) is 11.8 Å². The van der Waals surface area contributed by atoms with E-state index in [9.17, 15) is 14.4 Å². The molecule has 0 spiro atoms. The summed E-state index contributed by atoms with van der Waals surface area (Å²) >= 11 is 9.48. The number of ether oxygens (including phenoxy) is 2. The van der Waals surface area contributed by atoms with Crippen molar-refractivity contribution in [3.05, 3.63) is 27.7 Å². The van der Waals surface area contributed by atoms with Gasteiger partial charge in [0, 0.05) is 30.5 Å². The van der Waals surface area contributed by atoms with E-state index in [1.165, 1.54) is 0 Å². The zero-order chi connectivity index (χ0) is 24.4. The summed E-state index contributed by atoms with van der Waals surface area (Å²) in [5, 5.41) is 5.81. The van der Waals surface area contributed by atoms with Gasteiger partial charge < -0.3 is 25.0 Å². The van der Waals surface area contributed by atoms with Gasteiger partial charge in [-0.25, -0.2) is 4.79 Å². The zero-order valence-electron chi connectivity index (χ0n) is 19.4. The Hall–Kier alpha value is -2.00. The van der Waals surface area contributed by atoms with E-state index in [0.29, 0.717) is 55.8 Å². The predicted molar refractivity (Wildman–Crippen MR) is 130 cm³/mol. The van der Waals surface area contributed by atoms with E-state index < -0.39 is 11.7 Å². The topological polar surface area (TPSA) is 97.0 Å². The van der Waals surface area contributed by atoms with Crippen molar-refractivity contribution in [3.63, 3.8) is 0 Å². The van der Waals surface area contributed by atoms with Crippen molar-refractivity contribution < 1.29 is 23.9 Å². The molecule has 0 radical (unpaired) electrons. The van der Waals surface area contributed by atoms with Crippen LogP contribution in [-0.4, -0.2) is 61.2 Å². The highest BCUT2D eigenvalue weighted by Gasteiger charge is 2.23. The highest BCUT2D eigenvalue weighted by atomic mass is 79.9. The van der Waals surface area contributed by atoms with Crippen molar-refractivity contribution in [3.8, 4) is 5.75 Å². The van der Waals surface area contributed by atoms with Gasteiger partial charge in [-0.15, -0.1) is 0 Å². The lowest BCUT2D eigenvalue weighted by molar-refractivity contribution is -0.133. The number of halogens is 2. The Kier molecular flexibility index (Phi) is 10.8. The molecular formula is C23H33BrClN3O5. The van der Waals surface area contributed by atoms with E-state index in [1.807, 2.05) is 11.0 Å². The smallest absolute Gasteiger partial charge is 0.408 e. The molecule has 1 fully saturated rings. The number of likely N-dealkylation sites (tertiary alicyclic amines) is 1. The maximum atomic E-state index is 12.5. The van der Waals surface area contributed by atoms with Gasteiger partial charge in [-0.1, -0.05) is 27.5 Å². The molecule has 0 saturated carbocycles. The van der Waals surface area contributed by atoms with Crippen LogP contribution >= 0.6 is 27.5 Å². The SMILES string of the molecule is CC(C)(C)OC(=O)NCC(=O)NCC1CCN(C(=O)CCCOc2ccc(Br)cc2Cl)CC1. The zero-order valence-corrected chi connectivity index (χ0v) is 21.8. The minimum Gasteiger partial charge on any atom is -0.492 e. The molecule has 0 aliphatic carbocycles. The van der Waals surface area contributed by atoms with E-state index >= 15 is 0 Å². The molecule has 1 heterocycles. The number of piperidine rings is 1. The molecule has 1 aromatic carbocycles. The number of amides is 3. The van der Waals surface area contributed by atoms with Crippen LogP contribution in [-0.2, 0) is 14.3 Å². The minimum atomic E-state index is -0.616. The highest BCUT2D eigenvalue weighted by molar-refractivity contribution is 9.10. The lowest BCUT2D eigenvalue weighted by atomic mass is 9.96. The number of benzene rings is 1. The van der Waals surface area contributed by atoms with Crippen molar-refractivity contribution in [2.24, 2.45) is 5.92 Å². The number of nitrogens with one attached hydrogen (secondary N) is 2. The van der Waals surface area contributed by atoms with Crippen LogP contribution in [0.2, 0.25) is 5.02 Å². The third-order valence-electron chi connectivity index (χ3n) is 5.03. The average molecular weight is 547 g/mol. The standard InChI is InChI=1S/C23H33BrClN3O5/c1-23(2,3)33-22(31)27-15-20(29)26-14-16-8-10-28(11-9-16)21(30)5-4-12-32-19-7-6-17(24)13-18(19)25/h6-7,13,16H,4-5,8-12,14-15H2,1-3H3,(H,26,29)(H,27,31). The summed E-state index contributed by atoms with van der Waals surface area (Å²) in [5.41, 5.74) is -0.605. The van der Waals surface area contributed by atoms with Gasteiger partial charge in [-0.05, 0) is 64.2 Å². The van der Waals surface area contributed by atoms with Crippen molar-refractivity contribution in [2.45, 2.75) is 52.1 Å². The Labute approximate surface area is 208 Å². The molecule has 10 heteroatoms. The van der Waals surface area contributed by atoms with Gasteiger partial charge in [0.05, 0.1) is 18.2 Å².